The van der Waals surface area contributed by atoms with Crippen LogP contribution in [0.4, 0.5) is 0 Å². The van der Waals surface area contributed by atoms with Gasteiger partial charge in [0, 0.05) is 10.9 Å². The van der Waals surface area contributed by atoms with Crippen molar-refractivity contribution in [2.75, 3.05) is 0 Å². The molecule has 4 nitrogen and oxygen atoms in total. The fourth-order valence-corrected chi connectivity index (χ4v) is 5.62. The van der Waals surface area contributed by atoms with Crippen LogP contribution in [0.15, 0.2) is 29.1 Å². The van der Waals surface area contributed by atoms with E-state index in [0.717, 1.165) is 41.7 Å². The predicted molar refractivity (Wildman–Crippen MR) is 122 cm³/mol. The Bertz CT molecular complexity index is 1050. The van der Waals surface area contributed by atoms with Gasteiger partial charge in [0.25, 0.3) is 5.56 Å². The Morgan fingerprint density at radius 1 is 1.14 bits per heavy atom. The maximum Gasteiger partial charge on any atom is 0.259 e. The first-order valence-corrected chi connectivity index (χ1v) is 11.7. The van der Waals surface area contributed by atoms with E-state index in [1.165, 1.54) is 21.6 Å². The lowest BCUT2D eigenvalue weighted by atomic mass is 9.92. The first kappa shape index (κ1) is 20.3. The number of hydrogen-bond acceptors (Lipinski definition) is 4. The van der Waals surface area contributed by atoms with E-state index >= 15 is 0 Å². The van der Waals surface area contributed by atoms with Gasteiger partial charge in [-0.3, -0.25) is 4.79 Å². The van der Waals surface area contributed by atoms with Crippen LogP contribution >= 0.6 is 11.3 Å². The Morgan fingerprint density at radius 3 is 2.55 bits per heavy atom. The van der Waals surface area contributed by atoms with E-state index in [2.05, 4.69) is 62.3 Å². The van der Waals surface area contributed by atoms with Crippen LogP contribution in [0.1, 0.15) is 79.9 Å². The summed E-state index contributed by atoms with van der Waals surface area (Å²) in [5.41, 5.74) is 3.93. The molecule has 0 radical (unpaired) electrons. The average Bonchev–Trinajstić information content (AvgIpc) is 3.28. The summed E-state index contributed by atoms with van der Waals surface area (Å²) in [6.07, 6.45) is 4.41. The maximum atomic E-state index is 12.7. The van der Waals surface area contributed by atoms with Crippen molar-refractivity contribution >= 4 is 21.6 Å². The van der Waals surface area contributed by atoms with Crippen LogP contribution in [0.5, 0.6) is 0 Å². The summed E-state index contributed by atoms with van der Waals surface area (Å²) >= 11 is 1.70. The largest absolute Gasteiger partial charge is 0.309 e. The van der Waals surface area contributed by atoms with E-state index in [0.29, 0.717) is 18.4 Å². The van der Waals surface area contributed by atoms with Crippen LogP contribution in [-0.4, -0.2) is 9.97 Å². The zero-order valence-corrected chi connectivity index (χ0v) is 18.7. The summed E-state index contributed by atoms with van der Waals surface area (Å²) in [6.45, 7) is 9.51. The highest BCUT2D eigenvalue weighted by Crippen LogP contribution is 2.34. The van der Waals surface area contributed by atoms with Crippen molar-refractivity contribution in [2.24, 2.45) is 5.92 Å². The average molecular weight is 410 g/mol. The molecular formula is C24H31N3OS. The van der Waals surface area contributed by atoms with Crippen LogP contribution in [0.2, 0.25) is 0 Å². The minimum absolute atomic E-state index is 0.0187. The number of rotatable bonds is 7. The zero-order valence-electron chi connectivity index (χ0n) is 17.8. The number of H-pyrrole nitrogens is 1. The van der Waals surface area contributed by atoms with Gasteiger partial charge >= 0.3 is 0 Å². The second-order valence-corrected chi connectivity index (χ2v) is 9.71. The molecule has 4 rings (SSSR count). The molecule has 3 aromatic rings. The molecule has 154 valence electrons. The maximum absolute atomic E-state index is 12.7. The molecule has 1 aliphatic carbocycles. The minimum atomic E-state index is 0.0187. The molecule has 0 saturated heterocycles. The third kappa shape index (κ3) is 4.03. The quantitative estimate of drug-likeness (QED) is 0.544. The lowest BCUT2D eigenvalue weighted by Gasteiger charge is -2.23. The van der Waals surface area contributed by atoms with Gasteiger partial charge < -0.3 is 10.3 Å². The topological polar surface area (TPSA) is 57.8 Å². The van der Waals surface area contributed by atoms with Crippen molar-refractivity contribution in [3.05, 3.63) is 62.0 Å². The Hall–Kier alpha value is -1.98. The fourth-order valence-electron chi connectivity index (χ4n) is 4.34. The van der Waals surface area contributed by atoms with Crippen molar-refractivity contribution in [2.45, 2.75) is 71.9 Å². The van der Waals surface area contributed by atoms with Crippen molar-refractivity contribution in [1.82, 2.24) is 15.3 Å². The molecule has 2 N–H and O–H groups in total. The van der Waals surface area contributed by atoms with Crippen LogP contribution in [0.25, 0.3) is 10.2 Å². The summed E-state index contributed by atoms with van der Waals surface area (Å²) in [5, 5.41) is 4.45. The summed E-state index contributed by atoms with van der Waals surface area (Å²) < 4.78 is 0. The second-order valence-electron chi connectivity index (χ2n) is 8.63. The van der Waals surface area contributed by atoms with E-state index in [1.807, 2.05) is 0 Å². The van der Waals surface area contributed by atoms with Crippen molar-refractivity contribution < 1.29 is 0 Å². The van der Waals surface area contributed by atoms with Gasteiger partial charge in [0.1, 0.15) is 10.7 Å². The van der Waals surface area contributed by atoms with E-state index in [4.69, 9.17) is 4.98 Å². The number of nitrogens with one attached hydrogen (secondary N) is 2. The van der Waals surface area contributed by atoms with Gasteiger partial charge in [0.2, 0.25) is 0 Å². The first-order valence-electron chi connectivity index (χ1n) is 10.8. The summed E-state index contributed by atoms with van der Waals surface area (Å²) in [4.78, 5) is 22.7. The lowest BCUT2D eigenvalue weighted by molar-refractivity contribution is 0.406. The smallest absolute Gasteiger partial charge is 0.259 e. The molecule has 0 bridgehead atoms. The van der Waals surface area contributed by atoms with Crippen molar-refractivity contribution in [3.8, 4) is 0 Å². The molecule has 29 heavy (non-hydrogen) atoms. The molecule has 1 aromatic carbocycles. The Balaban J connectivity index is 1.53. The summed E-state index contributed by atoms with van der Waals surface area (Å²) in [7, 11) is 0. The number of fused-ring (bicyclic) bond motifs is 3. The SMILES string of the molecule is CC[C@@H](C)c1ccc([C@H](NCc2nc3sc4c(c3c(=O)[nH]2)CCC4)C(C)C)cc1. The van der Waals surface area contributed by atoms with Crippen LogP contribution in [-0.2, 0) is 19.4 Å². The highest BCUT2D eigenvalue weighted by atomic mass is 32.1. The third-order valence-corrected chi connectivity index (χ3v) is 7.44. The Labute approximate surface area is 176 Å². The van der Waals surface area contributed by atoms with Crippen LogP contribution in [0, 0.1) is 5.92 Å². The molecule has 0 spiro atoms. The van der Waals surface area contributed by atoms with Gasteiger partial charge in [-0.1, -0.05) is 52.0 Å². The molecule has 0 unspecified atom stereocenters. The second kappa shape index (κ2) is 8.41. The molecule has 2 aromatic heterocycles. The summed E-state index contributed by atoms with van der Waals surface area (Å²) in [5.74, 6) is 1.75. The number of nitrogens with zero attached hydrogens (tertiary/aromatic N) is 1. The molecular weight excluding hydrogens is 378 g/mol. The first-order chi connectivity index (χ1) is 14.0. The normalized spacial score (nSPS) is 15.8. The molecule has 0 fully saturated rings. The zero-order chi connectivity index (χ0) is 20.5. The van der Waals surface area contributed by atoms with Gasteiger partial charge in [-0.2, -0.15) is 0 Å². The third-order valence-electron chi connectivity index (χ3n) is 6.26. The Morgan fingerprint density at radius 2 is 1.86 bits per heavy atom. The van der Waals surface area contributed by atoms with E-state index in [1.54, 1.807) is 11.3 Å². The molecule has 2 heterocycles. The number of aromatic amines is 1. The monoisotopic (exact) mass is 409 g/mol. The van der Waals surface area contributed by atoms with Crippen molar-refractivity contribution in [3.63, 3.8) is 0 Å². The minimum Gasteiger partial charge on any atom is -0.309 e. The predicted octanol–water partition coefficient (Wildman–Crippen LogP) is 5.47. The number of aryl methyl sites for hydroxylation is 2. The van der Waals surface area contributed by atoms with Gasteiger partial charge in [0.15, 0.2) is 0 Å². The highest BCUT2D eigenvalue weighted by Gasteiger charge is 2.22. The van der Waals surface area contributed by atoms with Gasteiger partial charge in [-0.25, -0.2) is 4.98 Å². The molecule has 2 atom stereocenters. The lowest BCUT2D eigenvalue weighted by Crippen LogP contribution is -2.27. The number of hydrogen-bond donors (Lipinski definition) is 2. The van der Waals surface area contributed by atoms with Crippen LogP contribution < -0.4 is 10.9 Å². The van der Waals surface area contributed by atoms with Gasteiger partial charge in [-0.05, 0) is 54.2 Å². The molecule has 5 heteroatoms. The van der Waals surface area contributed by atoms with Crippen molar-refractivity contribution in [1.29, 1.82) is 0 Å². The number of aromatic nitrogens is 2. The number of benzene rings is 1. The molecule has 0 amide bonds. The molecule has 0 aliphatic heterocycles. The van der Waals surface area contributed by atoms with E-state index < -0.39 is 0 Å². The molecule has 0 saturated carbocycles. The highest BCUT2D eigenvalue weighted by molar-refractivity contribution is 7.18. The molecule has 1 aliphatic rings. The summed E-state index contributed by atoms with van der Waals surface area (Å²) in [6, 6.07) is 9.19. The van der Waals surface area contributed by atoms with Gasteiger partial charge in [-0.15, -0.1) is 11.3 Å². The van der Waals surface area contributed by atoms with E-state index in [9.17, 15) is 4.79 Å². The van der Waals surface area contributed by atoms with Crippen LogP contribution in [0.3, 0.4) is 0 Å². The van der Waals surface area contributed by atoms with Gasteiger partial charge in [0.05, 0.1) is 11.9 Å². The Kier molecular flexibility index (Phi) is 5.88. The van der Waals surface area contributed by atoms with E-state index in [-0.39, 0.29) is 11.6 Å². The fraction of sp³-hybridized carbons (Fsp3) is 0.500. The number of thiophene rings is 1. The standard InChI is InChI=1S/C24H31N3OS/c1-5-15(4)16-9-11-17(12-10-16)22(14(2)3)25-13-20-26-23(28)21-18-7-6-8-19(18)29-24(21)27-20/h9-12,14-15,22,25H,5-8,13H2,1-4H3,(H,26,27,28)/t15-,22-/m1/s1.